The van der Waals surface area contributed by atoms with Gasteiger partial charge in [-0.1, -0.05) is 12.1 Å². The molecule has 0 amide bonds. The molecule has 2 rings (SSSR count). The van der Waals surface area contributed by atoms with Gasteiger partial charge in [-0.05, 0) is 62.8 Å². The summed E-state index contributed by atoms with van der Waals surface area (Å²) >= 11 is 0. The van der Waals surface area contributed by atoms with E-state index in [-0.39, 0.29) is 11.9 Å². The molecular weight excluding hydrogens is 241 g/mol. The van der Waals surface area contributed by atoms with Gasteiger partial charge in [0.1, 0.15) is 5.82 Å². The van der Waals surface area contributed by atoms with Crippen LogP contribution in [-0.2, 0) is 6.42 Å². The lowest BCUT2D eigenvalue weighted by atomic mass is 9.87. The van der Waals surface area contributed by atoms with Crippen LogP contribution < -0.4 is 0 Å². The molecule has 0 radical (unpaired) electrons. The van der Waals surface area contributed by atoms with E-state index in [0.29, 0.717) is 0 Å². The van der Waals surface area contributed by atoms with Crippen LogP contribution in [0.2, 0.25) is 0 Å². The molecule has 19 heavy (non-hydrogen) atoms. The monoisotopic (exact) mass is 265 g/mol. The average molecular weight is 265 g/mol. The topological polar surface area (TPSA) is 23.5 Å². The van der Waals surface area contributed by atoms with Gasteiger partial charge in [0.15, 0.2) is 0 Å². The van der Waals surface area contributed by atoms with E-state index in [0.717, 1.165) is 51.1 Å². The molecule has 1 aliphatic rings. The predicted molar refractivity (Wildman–Crippen MR) is 75.6 cm³/mol. The fourth-order valence-electron chi connectivity index (χ4n) is 2.83. The maximum atomic E-state index is 12.8. The molecule has 2 nitrogen and oxygen atoms in total. The van der Waals surface area contributed by atoms with E-state index in [1.54, 1.807) is 0 Å². The standard InChI is InChI=1S/C16H24FNO/c1-18(12-14-4-8-16(19)9-5-14)11-10-13-2-6-15(17)7-3-13/h2-3,6-7,14,16,19H,4-5,8-12H2,1H3. The van der Waals surface area contributed by atoms with Crippen molar-refractivity contribution in [3.8, 4) is 0 Å². The summed E-state index contributed by atoms with van der Waals surface area (Å²) in [6, 6.07) is 6.77. The number of halogens is 1. The van der Waals surface area contributed by atoms with Gasteiger partial charge in [0.2, 0.25) is 0 Å². The second-order valence-corrected chi connectivity index (χ2v) is 5.81. The molecular formula is C16H24FNO. The molecule has 0 unspecified atom stereocenters. The van der Waals surface area contributed by atoms with Gasteiger partial charge in [-0.15, -0.1) is 0 Å². The molecule has 1 fully saturated rings. The highest BCUT2D eigenvalue weighted by Crippen LogP contribution is 2.24. The number of hydrogen-bond donors (Lipinski definition) is 1. The Balaban J connectivity index is 1.69. The van der Waals surface area contributed by atoms with Crippen LogP contribution >= 0.6 is 0 Å². The molecule has 1 aromatic rings. The van der Waals surface area contributed by atoms with Gasteiger partial charge >= 0.3 is 0 Å². The summed E-state index contributed by atoms with van der Waals surface area (Å²) in [6.07, 6.45) is 5.09. The summed E-state index contributed by atoms with van der Waals surface area (Å²) in [4.78, 5) is 2.35. The van der Waals surface area contributed by atoms with E-state index in [4.69, 9.17) is 0 Å². The molecule has 0 aromatic heterocycles. The molecule has 0 bridgehead atoms. The third-order valence-electron chi connectivity index (χ3n) is 4.08. The summed E-state index contributed by atoms with van der Waals surface area (Å²) in [5.74, 6) is 0.555. The molecule has 0 atom stereocenters. The van der Waals surface area contributed by atoms with Crippen LogP contribution in [0.15, 0.2) is 24.3 Å². The number of nitrogens with zero attached hydrogens (tertiary/aromatic N) is 1. The van der Waals surface area contributed by atoms with Crippen molar-refractivity contribution in [3.63, 3.8) is 0 Å². The lowest BCUT2D eigenvalue weighted by Gasteiger charge is -2.29. The number of benzene rings is 1. The van der Waals surface area contributed by atoms with Crippen molar-refractivity contribution in [2.24, 2.45) is 5.92 Å². The Morgan fingerprint density at radius 3 is 2.42 bits per heavy atom. The zero-order valence-corrected chi connectivity index (χ0v) is 11.7. The lowest BCUT2D eigenvalue weighted by Crippen LogP contribution is -2.31. The highest BCUT2D eigenvalue weighted by Gasteiger charge is 2.20. The second kappa shape index (κ2) is 7.01. The Morgan fingerprint density at radius 1 is 1.16 bits per heavy atom. The fourth-order valence-corrected chi connectivity index (χ4v) is 2.83. The van der Waals surface area contributed by atoms with Crippen molar-refractivity contribution in [3.05, 3.63) is 35.6 Å². The summed E-state index contributed by atoms with van der Waals surface area (Å²) < 4.78 is 12.8. The Kier molecular flexibility index (Phi) is 5.34. The first-order valence-electron chi connectivity index (χ1n) is 7.24. The fraction of sp³-hybridized carbons (Fsp3) is 0.625. The molecule has 1 aromatic carbocycles. The maximum absolute atomic E-state index is 12.8. The Morgan fingerprint density at radius 2 is 1.79 bits per heavy atom. The lowest BCUT2D eigenvalue weighted by molar-refractivity contribution is 0.0978. The molecule has 1 saturated carbocycles. The predicted octanol–water partition coefficient (Wildman–Crippen LogP) is 2.85. The first-order valence-corrected chi connectivity index (χ1v) is 7.24. The molecule has 1 N–H and O–H groups in total. The zero-order valence-electron chi connectivity index (χ0n) is 11.7. The third kappa shape index (κ3) is 4.92. The van der Waals surface area contributed by atoms with Gasteiger partial charge in [0.05, 0.1) is 6.10 Å². The van der Waals surface area contributed by atoms with Gasteiger partial charge in [0.25, 0.3) is 0 Å². The van der Waals surface area contributed by atoms with Crippen LogP contribution in [0.3, 0.4) is 0 Å². The normalized spacial score (nSPS) is 23.8. The first kappa shape index (κ1) is 14.5. The van der Waals surface area contributed by atoms with Crippen molar-refractivity contribution < 1.29 is 9.50 Å². The van der Waals surface area contributed by atoms with Crippen LogP contribution in [0.1, 0.15) is 31.2 Å². The molecule has 3 heteroatoms. The number of aliphatic hydroxyl groups is 1. The quantitative estimate of drug-likeness (QED) is 0.885. The van der Waals surface area contributed by atoms with Crippen molar-refractivity contribution >= 4 is 0 Å². The minimum atomic E-state index is -0.169. The number of hydrogen-bond acceptors (Lipinski definition) is 2. The zero-order chi connectivity index (χ0) is 13.7. The highest BCUT2D eigenvalue weighted by atomic mass is 19.1. The van der Waals surface area contributed by atoms with E-state index in [1.165, 1.54) is 17.7 Å². The third-order valence-corrected chi connectivity index (χ3v) is 4.08. The highest BCUT2D eigenvalue weighted by molar-refractivity contribution is 5.16. The SMILES string of the molecule is CN(CCc1ccc(F)cc1)CC1CCC(O)CC1. The van der Waals surface area contributed by atoms with Crippen molar-refractivity contribution in [1.29, 1.82) is 0 Å². The maximum Gasteiger partial charge on any atom is 0.123 e. The Bertz CT molecular complexity index is 371. The van der Waals surface area contributed by atoms with E-state index in [9.17, 15) is 9.50 Å². The molecule has 1 aliphatic carbocycles. The summed E-state index contributed by atoms with van der Waals surface area (Å²) in [5.41, 5.74) is 1.19. The largest absolute Gasteiger partial charge is 0.393 e. The second-order valence-electron chi connectivity index (χ2n) is 5.81. The average Bonchev–Trinajstić information content (AvgIpc) is 2.41. The van der Waals surface area contributed by atoms with Crippen LogP contribution in [0.5, 0.6) is 0 Å². The minimum absolute atomic E-state index is 0.0687. The van der Waals surface area contributed by atoms with Gasteiger partial charge in [-0.2, -0.15) is 0 Å². The van der Waals surface area contributed by atoms with Gasteiger partial charge in [-0.3, -0.25) is 0 Å². The van der Waals surface area contributed by atoms with Crippen LogP contribution in [0.25, 0.3) is 0 Å². The molecule has 0 aliphatic heterocycles. The molecule has 0 saturated heterocycles. The van der Waals surface area contributed by atoms with E-state index >= 15 is 0 Å². The smallest absolute Gasteiger partial charge is 0.123 e. The van der Waals surface area contributed by atoms with Crippen molar-refractivity contribution in [2.45, 2.75) is 38.2 Å². The van der Waals surface area contributed by atoms with Crippen LogP contribution in [0.4, 0.5) is 4.39 Å². The van der Waals surface area contributed by atoms with E-state index in [1.807, 2.05) is 12.1 Å². The Hall–Kier alpha value is -0.930. The van der Waals surface area contributed by atoms with Gasteiger partial charge in [0, 0.05) is 13.1 Å². The minimum Gasteiger partial charge on any atom is -0.393 e. The Labute approximate surface area is 115 Å². The number of aliphatic hydroxyl groups excluding tert-OH is 1. The van der Waals surface area contributed by atoms with E-state index < -0.39 is 0 Å². The molecule has 0 heterocycles. The van der Waals surface area contributed by atoms with Crippen LogP contribution in [-0.4, -0.2) is 36.2 Å². The molecule has 106 valence electrons. The number of likely N-dealkylation sites (N-methyl/N-ethyl adjacent to an activating group) is 1. The summed E-state index contributed by atoms with van der Waals surface area (Å²) in [7, 11) is 2.15. The van der Waals surface area contributed by atoms with Crippen molar-refractivity contribution in [1.82, 2.24) is 4.90 Å². The number of rotatable bonds is 5. The van der Waals surface area contributed by atoms with Crippen LogP contribution in [0, 0.1) is 11.7 Å². The van der Waals surface area contributed by atoms with E-state index in [2.05, 4.69) is 11.9 Å². The molecule has 0 spiro atoms. The van der Waals surface area contributed by atoms with Gasteiger partial charge < -0.3 is 10.0 Å². The summed E-state index contributed by atoms with van der Waals surface area (Å²) in [6.45, 7) is 2.11. The first-order chi connectivity index (χ1) is 9.13. The van der Waals surface area contributed by atoms with Crippen molar-refractivity contribution in [2.75, 3.05) is 20.1 Å². The summed E-state index contributed by atoms with van der Waals surface area (Å²) in [5, 5.41) is 9.49. The van der Waals surface area contributed by atoms with Gasteiger partial charge in [-0.25, -0.2) is 4.39 Å².